The van der Waals surface area contributed by atoms with E-state index < -0.39 is 27.8 Å². The molecule has 0 radical (unpaired) electrons. The number of nitrogens with one attached hydrogen (secondary N) is 1. The van der Waals surface area contributed by atoms with Crippen LogP contribution in [-0.2, 0) is 14.8 Å². The fourth-order valence-electron chi connectivity index (χ4n) is 1.74. The first kappa shape index (κ1) is 19.2. The van der Waals surface area contributed by atoms with Crippen molar-refractivity contribution < 1.29 is 32.2 Å². The third kappa shape index (κ3) is 6.06. The van der Waals surface area contributed by atoms with Gasteiger partial charge in [0.2, 0.25) is 15.9 Å². The highest BCUT2D eigenvalue weighted by Gasteiger charge is 2.17. The summed E-state index contributed by atoms with van der Waals surface area (Å²) in [6.07, 6.45) is 0.111. The third-order valence-electron chi connectivity index (χ3n) is 2.97. The number of benzene rings is 1. The van der Waals surface area contributed by atoms with Crippen LogP contribution in [0.5, 0.6) is 11.6 Å². The number of ether oxygens (including phenoxy) is 3. The van der Waals surface area contributed by atoms with Gasteiger partial charge >= 0.3 is 6.16 Å². The molecule has 138 valence electrons. The van der Waals surface area contributed by atoms with Crippen molar-refractivity contribution >= 4 is 22.1 Å². The summed E-state index contributed by atoms with van der Waals surface area (Å²) in [5, 5.41) is 0. The molecular weight excluding hydrogens is 364 g/mol. The van der Waals surface area contributed by atoms with Gasteiger partial charge in [-0.1, -0.05) is 18.2 Å². The zero-order chi connectivity index (χ0) is 19.0. The zero-order valence-corrected chi connectivity index (χ0v) is 14.6. The summed E-state index contributed by atoms with van der Waals surface area (Å²) in [6, 6.07) is 11.2. The van der Waals surface area contributed by atoms with Gasteiger partial charge in [-0.25, -0.2) is 22.9 Å². The standard InChI is InChI=1S/C16H16N2O7S/c1-23-16(20)25-14-8-7-12(11-17-14)15(19)18-26(21,22)10-9-24-13-5-3-2-4-6-13/h2-8,11H,9-10H2,1H3,(H,18,19). The fourth-order valence-corrected chi connectivity index (χ4v) is 2.54. The summed E-state index contributed by atoms with van der Waals surface area (Å²) < 4.78 is 40.0. The summed E-state index contributed by atoms with van der Waals surface area (Å²) in [4.78, 5) is 26.6. The molecule has 0 fully saturated rings. The molecular formula is C16H16N2O7S. The highest BCUT2D eigenvalue weighted by molar-refractivity contribution is 7.90. The van der Waals surface area contributed by atoms with E-state index in [1.807, 2.05) is 4.72 Å². The fraction of sp³-hybridized carbons (Fsp3) is 0.188. The van der Waals surface area contributed by atoms with Crippen LogP contribution in [0.2, 0.25) is 0 Å². The number of amides is 1. The van der Waals surface area contributed by atoms with Crippen molar-refractivity contribution in [2.75, 3.05) is 19.5 Å². The SMILES string of the molecule is COC(=O)Oc1ccc(C(=O)NS(=O)(=O)CCOc2ccccc2)cn1. The number of rotatable bonds is 7. The average Bonchev–Trinajstić information content (AvgIpc) is 2.62. The van der Waals surface area contributed by atoms with Crippen LogP contribution in [-0.4, -0.2) is 44.9 Å². The van der Waals surface area contributed by atoms with Crippen molar-refractivity contribution in [2.24, 2.45) is 0 Å². The molecule has 10 heteroatoms. The van der Waals surface area contributed by atoms with E-state index in [1.165, 1.54) is 12.1 Å². The largest absolute Gasteiger partial charge is 0.514 e. The lowest BCUT2D eigenvalue weighted by atomic mass is 10.3. The molecule has 1 amide bonds. The van der Waals surface area contributed by atoms with Gasteiger partial charge in [-0.15, -0.1) is 0 Å². The lowest BCUT2D eigenvalue weighted by molar-refractivity contribution is 0.0981. The number of nitrogens with zero attached hydrogens (tertiary/aromatic N) is 1. The maximum absolute atomic E-state index is 12.0. The number of para-hydroxylation sites is 1. The molecule has 0 unspecified atom stereocenters. The Hall–Kier alpha value is -3.14. The number of hydrogen-bond acceptors (Lipinski definition) is 8. The van der Waals surface area contributed by atoms with E-state index in [9.17, 15) is 18.0 Å². The summed E-state index contributed by atoms with van der Waals surface area (Å²) in [6.45, 7) is -0.114. The number of methoxy groups -OCH3 is 1. The maximum Gasteiger partial charge on any atom is 0.514 e. The average molecular weight is 380 g/mol. The summed E-state index contributed by atoms with van der Waals surface area (Å²) in [5.74, 6) is -0.821. The second-order valence-corrected chi connectivity index (χ2v) is 6.69. The van der Waals surface area contributed by atoms with Crippen molar-refractivity contribution in [3.05, 3.63) is 54.2 Å². The van der Waals surface area contributed by atoms with Gasteiger partial charge in [0.25, 0.3) is 5.91 Å². The lowest BCUT2D eigenvalue weighted by Crippen LogP contribution is -2.34. The molecule has 2 rings (SSSR count). The Morgan fingerprint density at radius 2 is 1.85 bits per heavy atom. The van der Waals surface area contributed by atoms with E-state index in [1.54, 1.807) is 30.3 Å². The minimum absolute atomic E-state index is 0.0187. The minimum Gasteiger partial charge on any atom is -0.492 e. The minimum atomic E-state index is -3.89. The summed E-state index contributed by atoms with van der Waals surface area (Å²) in [7, 11) is -2.75. The molecule has 2 aromatic rings. The first-order chi connectivity index (χ1) is 12.4. The summed E-state index contributed by atoms with van der Waals surface area (Å²) in [5.41, 5.74) is -0.0187. The first-order valence-corrected chi connectivity index (χ1v) is 8.99. The Kier molecular flexibility index (Phi) is 6.50. The Morgan fingerprint density at radius 1 is 1.12 bits per heavy atom. The normalized spacial score (nSPS) is 10.7. The second kappa shape index (κ2) is 8.81. The van der Waals surface area contributed by atoms with Crippen molar-refractivity contribution in [1.82, 2.24) is 9.71 Å². The summed E-state index contributed by atoms with van der Waals surface area (Å²) >= 11 is 0. The molecule has 1 aromatic carbocycles. The molecule has 1 N–H and O–H groups in total. The predicted octanol–water partition coefficient (Wildman–Crippen LogP) is 1.37. The highest BCUT2D eigenvalue weighted by Crippen LogP contribution is 2.10. The van der Waals surface area contributed by atoms with E-state index in [4.69, 9.17) is 4.74 Å². The van der Waals surface area contributed by atoms with Gasteiger partial charge in [0, 0.05) is 12.3 Å². The number of sulfonamides is 1. The molecule has 0 saturated heterocycles. The molecule has 0 aliphatic rings. The van der Waals surface area contributed by atoms with Gasteiger partial charge in [-0.2, -0.15) is 0 Å². The number of hydrogen-bond donors (Lipinski definition) is 1. The highest BCUT2D eigenvalue weighted by atomic mass is 32.2. The van der Waals surface area contributed by atoms with Gasteiger partial charge in [0.15, 0.2) is 0 Å². The van der Waals surface area contributed by atoms with E-state index in [-0.39, 0.29) is 18.1 Å². The number of carbonyl (C=O) groups excluding carboxylic acids is 2. The van der Waals surface area contributed by atoms with Crippen molar-refractivity contribution in [3.63, 3.8) is 0 Å². The number of aromatic nitrogens is 1. The second-order valence-electron chi connectivity index (χ2n) is 4.85. The van der Waals surface area contributed by atoms with E-state index in [0.717, 1.165) is 13.3 Å². The van der Waals surface area contributed by atoms with Crippen molar-refractivity contribution in [3.8, 4) is 11.6 Å². The van der Waals surface area contributed by atoms with Gasteiger partial charge < -0.3 is 14.2 Å². The van der Waals surface area contributed by atoms with Crippen LogP contribution in [0.1, 0.15) is 10.4 Å². The molecule has 0 bridgehead atoms. The monoisotopic (exact) mass is 380 g/mol. The third-order valence-corrected chi connectivity index (χ3v) is 4.17. The van der Waals surface area contributed by atoms with E-state index >= 15 is 0 Å². The quantitative estimate of drug-likeness (QED) is 0.715. The van der Waals surface area contributed by atoms with Crippen molar-refractivity contribution in [1.29, 1.82) is 0 Å². The van der Waals surface area contributed by atoms with Crippen LogP contribution in [0, 0.1) is 0 Å². The molecule has 1 aromatic heterocycles. The van der Waals surface area contributed by atoms with Crippen LogP contribution in [0.4, 0.5) is 4.79 Å². The molecule has 9 nitrogen and oxygen atoms in total. The Labute approximate surface area is 150 Å². The van der Waals surface area contributed by atoms with Crippen LogP contribution in [0.15, 0.2) is 48.7 Å². The molecule has 0 aliphatic heterocycles. The Morgan fingerprint density at radius 3 is 2.46 bits per heavy atom. The Bertz CT molecular complexity index is 852. The topological polar surface area (TPSA) is 121 Å². The predicted molar refractivity (Wildman–Crippen MR) is 90.5 cm³/mol. The van der Waals surface area contributed by atoms with Gasteiger partial charge in [-0.3, -0.25) is 4.79 Å². The number of pyridine rings is 1. The first-order valence-electron chi connectivity index (χ1n) is 7.34. The Balaban J connectivity index is 1.87. The van der Waals surface area contributed by atoms with Crippen molar-refractivity contribution in [2.45, 2.75) is 0 Å². The van der Waals surface area contributed by atoms with Crippen LogP contribution in [0.3, 0.4) is 0 Å². The molecule has 26 heavy (non-hydrogen) atoms. The van der Waals surface area contributed by atoms with Gasteiger partial charge in [-0.05, 0) is 18.2 Å². The lowest BCUT2D eigenvalue weighted by Gasteiger charge is -2.08. The van der Waals surface area contributed by atoms with Crippen LogP contribution >= 0.6 is 0 Å². The zero-order valence-electron chi connectivity index (χ0n) is 13.7. The van der Waals surface area contributed by atoms with Crippen LogP contribution < -0.4 is 14.2 Å². The molecule has 0 atom stereocenters. The number of carbonyl (C=O) groups is 2. The van der Waals surface area contributed by atoms with Gasteiger partial charge in [0.05, 0.1) is 12.7 Å². The molecule has 0 spiro atoms. The van der Waals surface area contributed by atoms with Crippen LogP contribution in [0.25, 0.3) is 0 Å². The van der Waals surface area contributed by atoms with Gasteiger partial charge in [0.1, 0.15) is 18.1 Å². The van der Waals surface area contributed by atoms with E-state index in [0.29, 0.717) is 5.75 Å². The molecule has 0 aliphatic carbocycles. The maximum atomic E-state index is 12.0. The molecule has 0 saturated carbocycles. The molecule has 1 heterocycles. The smallest absolute Gasteiger partial charge is 0.492 e. The van der Waals surface area contributed by atoms with E-state index in [2.05, 4.69) is 14.5 Å².